The minimum Gasteiger partial charge on any atom is -0.301 e. The van der Waals surface area contributed by atoms with Gasteiger partial charge in [-0.25, -0.2) is 9.87 Å². The Bertz CT molecular complexity index is 687. The van der Waals surface area contributed by atoms with Crippen LogP contribution in [-0.4, -0.2) is 52.6 Å². The highest BCUT2D eigenvalue weighted by molar-refractivity contribution is 5.93. The highest BCUT2D eigenvalue weighted by Crippen LogP contribution is 2.46. The van der Waals surface area contributed by atoms with Gasteiger partial charge in [0.2, 0.25) is 0 Å². The molecular weight excluding hydrogens is 321 g/mol. The standard InChI is InChI=1S/C19H26FN3O2/c1-22-6-3-2-5-19(22)10-15(11-19)23-7-4-13-8-14(18(24)21-25)9-17(20)16(13)12-23/h8-9,15,25H,2-7,10-12H2,1H3,(H,21,24). The second-order valence-corrected chi connectivity index (χ2v) is 7.92. The van der Waals surface area contributed by atoms with Crippen molar-refractivity contribution in [3.8, 4) is 0 Å². The van der Waals surface area contributed by atoms with E-state index in [9.17, 15) is 9.18 Å². The molecule has 1 amide bonds. The van der Waals surface area contributed by atoms with Crippen LogP contribution in [0, 0.1) is 5.82 Å². The van der Waals surface area contributed by atoms with E-state index in [1.54, 1.807) is 11.5 Å². The average molecular weight is 347 g/mol. The molecule has 0 atom stereocenters. The van der Waals surface area contributed by atoms with Gasteiger partial charge in [0, 0.05) is 35.8 Å². The van der Waals surface area contributed by atoms with Crippen molar-refractivity contribution >= 4 is 5.91 Å². The second kappa shape index (κ2) is 6.34. The summed E-state index contributed by atoms with van der Waals surface area (Å²) in [5.41, 5.74) is 3.73. The maximum atomic E-state index is 14.5. The fraction of sp³-hybridized carbons (Fsp3) is 0.632. The number of likely N-dealkylation sites (tertiary alicyclic amines) is 1. The summed E-state index contributed by atoms with van der Waals surface area (Å²) in [6.45, 7) is 2.72. The zero-order valence-electron chi connectivity index (χ0n) is 14.7. The molecule has 1 spiro atoms. The van der Waals surface area contributed by atoms with Gasteiger partial charge in [-0.05, 0) is 63.4 Å². The third-order valence-corrected chi connectivity index (χ3v) is 6.62. The summed E-state index contributed by atoms with van der Waals surface area (Å²) in [7, 11) is 2.24. The Kier molecular flexibility index (Phi) is 4.30. The third kappa shape index (κ3) is 2.86. The van der Waals surface area contributed by atoms with E-state index in [1.807, 2.05) is 0 Å². The Morgan fingerprint density at radius 1 is 1.32 bits per heavy atom. The fourth-order valence-electron chi connectivity index (χ4n) is 4.97. The molecule has 2 heterocycles. The van der Waals surface area contributed by atoms with Gasteiger partial charge in [0.25, 0.3) is 5.91 Å². The summed E-state index contributed by atoms with van der Waals surface area (Å²) < 4.78 is 14.5. The van der Waals surface area contributed by atoms with Crippen LogP contribution in [0.1, 0.15) is 53.6 Å². The van der Waals surface area contributed by atoms with Crippen LogP contribution in [0.4, 0.5) is 4.39 Å². The van der Waals surface area contributed by atoms with Crippen molar-refractivity contribution in [3.63, 3.8) is 0 Å². The molecule has 2 fully saturated rings. The molecule has 2 aliphatic heterocycles. The van der Waals surface area contributed by atoms with E-state index in [1.165, 1.54) is 44.7 Å². The molecule has 3 aliphatic rings. The van der Waals surface area contributed by atoms with Gasteiger partial charge in [0.05, 0.1) is 0 Å². The molecule has 4 rings (SSSR count). The van der Waals surface area contributed by atoms with E-state index in [2.05, 4.69) is 16.8 Å². The van der Waals surface area contributed by atoms with E-state index in [0.717, 1.165) is 18.5 Å². The highest BCUT2D eigenvalue weighted by atomic mass is 19.1. The molecule has 2 N–H and O–H groups in total. The van der Waals surface area contributed by atoms with Gasteiger partial charge in [-0.15, -0.1) is 0 Å². The molecule has 0 aromatic heterocycles. The van der Waals surface area contributed by atoms with Crippen LogP contribution in [0.3, 0.4) is 0 Å². The summed E-state index contributed by atoms with van der Waals surface area (Å²) in [6, 6.07) is 3.47. The van der Waals surface area contributed by atoms with Gasteiger partial charge in [-0.1, -0.05) is 6.42 Å². The molecule has 1 aromatic rings. The Morgan fingerprint density at radius 3 is 2.84 bits per heavy atom. The molecule has 1 saturated heterocycles. The van der Waals surface area contributed by atoms with Crippen LogP contribution in [0.2, 0.25) is 0 Å². The number of rotatable bonds is 2. The molecule has 1 aliphatic carbocycles. The first kappa shape index (κ1) is 16.9. The van der Waals surface area contributed by atoms with Crippen LogP contribution in [0.15, 0.2) is 12.1 Å². The maximum Gasteiger partial charge on any atom is 0.274 e. The van der Waals surface area contributed by atoms with Gasteiger partial charge in [-0.3, -0.25) is 14.9 Å². The number of hydrogen-bond donors (Lipinski definition) is 2. The number of hydrogen-bond acceptors (Lipinski definition) is 4. The molecule has 0 unspecified atom stereocenters. The molecule has 1 aromatic carbocycles. The lowest BCUT2D eigenvalue weighted by molar-refractivity contribution is -0.0639. The minimum absolute atomic E-state index is 0.179. The van der Waals surface area contributed by atoms with Crippen LogP contribution in [0.25, 0.3) is 0 Å². The van der Waals surface area contributed by atoms with E-state index in [0.29, 0.717) is 23.7 Å². The van der Waals surface area contributed by atoms with Crippen molar-refractivity contribution in [2.24, 2.45) is 0 Å². The fourth-order valence-corrected chi connectivity index (χ4v) is 4.97. The Morgan fingerprint density at radius 2 is 2.12 bits per heavy atom. The lowest BCUT2D eigenvalue weighted by Gasteiger charge is -2.58. The molecular formula is C19H26FN3O2. The van der Waals surface area contributed by atoms with Crippen LogP contribution >= 0.6 is 0 Å². The van der Waals surface area contributed by atoms with E-state index in [-0.39, 0.29) is 11.4 Å². The molecule has 25 heavy (non-hydrogen) atoms. The second-order valence-electron chi connectivity index (χ2n) is 7.92. The summed E-state index contributed by atoms with van der Waals surface area (Å²) in [6.07, 6.45) is 7.03. The van der Waals surface area contributed by atoms with Gasteiger partial charge in [0.1, 0.15) is 5.82 Å². The van der Waals surface area contributed by atoms with Crippen molar-refractivity contribution < 1.29 is 14.4 Å². The van der Waals surface area contributed by atoms with E-state index < -0.39 is 5.91 Å². The summed E-state index contributed by atoms with van der Waals surface area (Å²) in [5.74, 6) is -1.00. The van der Waals surface area contributed by atoms with E-state index >= 15 is 0 Å². The van der Waals surface area contributed by atoms with E-state index in [4.69, 9.17) is 5.21 Å². The number of amides is 1. The monoisotopic (exact) mass is 347 g/mol. The maximum absolute atomic E-state index is 14.5. The van der Waals surface area contributed by atoms with Crippen molar-refractivity contribution in [2.45, 2.75) is 56.7 Å². The summed E-state index contributed by atoms with van der Waals surface area (Å²) in [5, 5.41) is 8.75. The number of hydroxylamine groups is 1. The number of halogens is 1. The minimum atomic E-state index is -0.662. The number of fused-ring (bicyclic) bond motifs is 1. The zero-order chi connectivity index (χ0) is 17.6. The zero-order valence-corrected chi connectivity index (χ0v) is 14.7. The van der Waals surface area contributed by atoms with Crippen molar-refractivity contribution in [1.29, 1.82) is 0 Å². The lowest BCUT2D eigenvalue weighted by Crippen LogP contribution is -2.64. The molecule has 6 heteroatoms. The van der Waals surface area contributed by atoms with Crippen molar-refractivity contribution in [3.05, 3.63) is 34.6 Å². The van der Waals surface area contributed by atoms with Crippen LogP contribution < -0.4 is 5.48 Å². The number of carbonyl (C=O) groups excluding carboxylic acids is 1. The van der Waals surface area contributed by atoms with Crippen molar-refractivity contribution in [2.75, 3.05) is 20.1 Å². The summed E-state index contributed by atoms with van der Waals surface area (Å²) in [4.78, 5) is 16.5. The smallest absolute Gasteiger partial charge is 0.274 e. The third-order valence-electron chi connectivity index (χ3n) is 6.62. The average Bonchev–Trinajstić information content (AvgIpc) is 2.59. The number of nitrogens with one attached hydrogen (secondary N) is 1. The number of carbonyl (C=O) groups is 1. The SMILES string of the molecule is CN1CCCCC12CC(N1CCc3cc(C(=O)NO)cc(F)c3C1)C2. The predicted molar refractivity (Wildman–Crippen MR) is 92.0 cm³/mol. The Labute approximate surface area is 147 Å². The van der Waals surface area contributed by atoms with Crippen molar-refractivity contribution in [1.82, 2.24) is 15.3 Å². The molecule has 136 valence electrons. The summed E-state index contributed by atoms with van der Waals surface area (Å²) >= 11 is 0. The molecule has 0 radical (unpaired) electrons. The Balaban J connectivity index is 1.46. The molecule has 1 saturated carbocycles. The Hall–Kier alpha value is -1.50. The predicted octanol–water partition coefficient (Wildman–Crippen LogP) is 2.32. The normalized spacial score (nSPS) is 30.0. The highest BCUT2D eigenvalue weighted by Gasteiger charge is 2.50. The van der Waals surface area contributed by atoms with Gasteiger partial charge >= 0.3 is 0 Å². The largest absolute Gasteiger partial charge is 0.301 e. The number of piperidine rings is 1. The van der Waals surface area contributed by atoms with Crippen LogP contribution in [0.5, 0.6) is 0 Å². The number of benzene rings is 1. The van der Waals surface area contributed by atoms with Crippen LogP contribution in [-0.2, 0) is 13.0 Å². The van der Waals surface area contributed by atoms with Gasteiger partial charge in [0.15, 0.2) is 0 Å². The molecule has 5 nitrogen and oxygen atoms in total. The first-order valence-electron chi connectivity index (χ1n) is 9.23. The first-order valence-corrected chi connectivity index (χ1v) is 9.23. The number of nitrogens with zero attached hydrogens (tertiary/aromatic N) is 2. The quantitative estimate of drug-likeness (QED) is 0.637. The first-order chi connectivity index (χ1) is 12.0. The lowest BCUT2D eigenvalue weighted by atomic mass is 9.66. The molecule has 0 bridgehead atoms. The topological polar surface area (TPSA) is 55.8 Å². The van der Waals surface area contributed by atoms with Gasteiger partial charge < -0.3 is 4.90 Å². The van der Waals surface area contributed by atoms with Gasteiger partial charge in [-0.2, -0.15) is 0 Å².